The lowest BCUT2D eigenvalue weighted by atomic mass is 9.99. The van der Waals surface area contributed by atoms with Crippen molar-refractivity contribution in [2.24, 2.45) is 0 Å². The average Bonchev–Trinajstić information content (AvgIpc) is 2.73. The van der Waals surface area contributed by atoms with E-state index in [-0.39, 0.29) is 29.9 Å². The van der Waals surface area contributed by atoms with Gasteiger partial charge in [0.2, 0.25) is 5.91 Å². The van der Waals surface area contributed by atoms with Crippen molar-refractivity contribution in [2.75, 3.05) is 6.61 Å². The van der Waals surface area contributed by atoms with Crippen molar-refractivity contribution in [3.8, 4) is 5.75 Å². The fourth-order valence-corrected chi connectivity index (χ4v) is 3.47. The Bertz CT molecular complexity index is 491. The number of hydrogen-bond acceptors (Lipinski definition) is 3. The van der Waals surface area contributed by atoms with Gasteiger partial charge in [0.1, 0.15) is 11.6 Å². The van der Waals surface area contributed by atoms with Crippen LogP contribution >= 0.6 is 0 Å². The summed E-state index contributed by atoms with van der Waals surface area (Å²) >= 11 is 0. The molecule has 0 spiro atoms. The molecule has 2 heterocycles. The molecule has 2 bridgehead atoms. The second-order valence-corrected chi connectivity index (χ2v) is 5.86. The Morgan fingerprint density at radius 2 is 1.86 bits per heavy atom. The molecule has 1 N–H and O–H groups in total. The summed E-state index contributed by atoms with van der Waals surface area (Å²) in [6.45, 7) is 0.295. The van der Waals surface area contributed by atoms with E-state index >= 15 is 0 Å². The van der Waals surface area contributed by atoms with Crippen molar-refractivity contribution in [3.05, 3.63) is 30.1 Å². The Hall–Kier alpha value is -1.62. The molecule has 2 aliphatic heterocycles. The van der Waals surface area contributed by atoms with Gasteiger partial charge in [-0.3, -0.25) is 4.79 Å². The quantitative estimate of drug-likeness (QED) is 0.925. The van der Waals surface area contributed by atoms with Crippen LogP contribution in [-0.4, -0.2) is 40.7 Å². The normalized spacial score (nSPS) is 27.7. The third kappa shape index (κ3) is 3.18. The molecule has 5 heteroatoms. The molecule has 0 radical (unpaired) electrons. The summed E-state index contributed by atoms with van der Waals surface area (Å²) in [7, 11) is 0. The molecular weight excluding hydrogens is 273 g/mol. The molecule has 1 aromatic carbocycles. The number of aliphatic hydroxyl groups is 1. The Labute approximate surface area is 123 Å². The van der Waals surface area contributed by atoms with Crippen LogP contribution in [0.1, 0.15) is 32.1 Å². The number of carbonyl (C=O) groups excluding carboxylic acids is 1. The van der Waals surface area contributed by atoms with Crippen LogP contribution < -0.4 is 4.74 Å². The molecule has 2 fully saturated rings. The largest absolute Gasteiger partial charge is 0.493 e. The molecular formula is C16H20FNO3. The maximum Gasteiger partial charge on any atom is 0.226 e. The van der Waals surface area contributed by atoms with Crippen LogP contribution in [0.2, 0.25) is 0 Å². The van der Waals surface area contributed by atoms with E-state index in [1.807, 2.05) is 4.90 Å². The summed E-state index contributed by atoms with van der Waals surface area (Å²) in [5, 5.41) is 9.74. The van der Waals surface area contributed by atoms with E-state index < -0.39 is 0 Å². The van der Waals surface area contributed by atoms with Crippen molar-refractivity contribution in [1.29, 1.82) is 0 Å². The SMILES string of the molecule is O=C(CCOc1ccc(F)cc1)N1C2CCC1CC(O)C2. The summed E-state index contributed by atoms with van der Waals surface area (Å²) < 4.78 is 18.2. The van der Waals surface area contributed by atoms with Crippen molar-refractivity contribution in [2.45, 2.75) is 50.3 Å². The van der Waals surface area contributed by atoms with Crippen molar-refractivity contribution < 1.29 is 19.0 Å². The molecule has 114 valence electrons. The van der Waals surface area contributed by atoms with E-state index in [0.717, 1.165) is 12.8 Å². The molecule has 21 heavy (non-hydrogen) atoms. The predicted molar refractivity (Wildman–Crippen MR) is 75.4 cm³/mol. The third-order valence-corrected chi connectivity index (χ3v) is 4.39. The molecule has 1 amide bonds. The fraction of sp³-hybridized carbons (Fsp3) is 0.562. The Morgan fingerprint density at radius 1 is 1.24 bits per heavy atom. The minimum absolute atomic E-state index is 0.0940. The van der Waals surface area contributed by atoms with Gasteiger partial charge in [-0.1, -0.05) is 0 Å². The lowest BCUT2D eigenvalue weighted by molar-refractivity contribution is -0.137. The minimum atomic E-state index is -0.304. The standard InChI is InChI=1S/C16H20FNO3/c17-11-1-5-15(6-2-11)21-8-7-16(20)18-12-3-4-13(18)10-14(19)9-12/h1-2,5-6,12-14,19H,3-4,7-10H2. The zero-order chi connectivity index (χ0) is 14.8. The highest BCUT2D eigenvalue weighted by Gasteiger charge is 2.42. The third-order valence-electron chi connectivity index (χ3n) is 4.39. The van der Waals surface area contributed by atoms with Gasteiger partial charge in [0.05, 0.1) is 19.1 Å². The zero-order valence-corrected chi connectivity index (χ0v) is 11.9. The lowest BCUT2D eigenvalue weighted by Crippen LogP contribution is -2.48. The summed E-state index contributed by atoms with van der Waals surface area (Å²) in [6.07, 6.45) is 3.43. The van der Waals surface area contributed by atoms with Crippen LogP contribution in [0.15, 0.2) is 24.3 Å². The van der Waals surface area contributed by atoms with E-state index in [1.54, 1.807) is 12.1 Å². The van der Waals surface area contributed by atoms with E-state index in [9.17, 15) is 14.3 Å². The van der Waals surface area contributed by atoms with Gasteiger partial charge in [-0.05, 0) is 49.9 Å². The summed E-state index contributed by atoms with van der Waals surface area (Å²) in [4.78, 5) is 14.3. The molecule has 0 aliphatic carbocycles. The number of benzene rings is 1. The first kappa shape index (κ1) is 14.3. The summed E-state index contributed by atoms with van der Waals surface area (Å²) in [5.74, 6) is 0.361. The number of carbonyl (C=O) groups is 1. The molecule has 2 saturated heterocycles. The number of ether oxygens (including phenoxy) is 1. The molecule has 2 unspecified atom stereocenters. The monoisotopic (exact) mass is 293 g/mol. The highest BCUT2D eigenvalue weighted by Crippen LogP contribution is 2.36. The number of rotatable bonds is 4. The number of amides is 1. The Kier molecular flexibility index (Phi) is 4.10. The number of fused-ring (bicyclic) bond motifs is 2. The molecule has 2 atom stereocenters. The van der Waals surface area contributed by atoms with E-state index in [4.69, 9.17) is 4.74 Å². The minimum Gasteiger partial charge on any atom is -0.493 e. The molecule has 2 aliphatic rings. The first-order valence-corrected chi connectivity index (χ1v) is 7.51. The van der Waals surface area contributed by atoms with Gasteiger partial charge in [0, 0.05) is 12.1 Å². The summed E-state index contributed by atoms with van der Waals surface area (Å²) in [6, 6.07) is 6.17. The smallest absolute Gasteiger partial charge is 0.226 e. The van der Waals surface area contributed by atoms with Gasteiger partial charge in [0.15, 0.2) is 0 Å². The van der Waals surface area contributed by atoms with Crippen LogP contribution in [0.25, 0.3) is 0 Å². The Morgan fingerprint density at radius 3 is 2.48 bits per heavy atom. The lowest BCUT2D eigenvalue weighted by Gasteiger charge is -2.37. The number of nitrogens with zero attached hydrogens (tertiary/aromatic N) is 1. The van der Waals surface area contributed by atoms with Crippen LogP contribution in [-0.2, 0) is 4.79 Å². The Balaban J connectivity index is 1.49. The van der Waals surface area contributed by atoms with Gasteiger partial charge in [-0.15, -0.1) is 0 Å². The van der Waals surface area contributed by atoms with Gasteiger partial charge in [0.25, 0.3) is 0 Å². The topological polar surface area (TPSA) is 49.8 Å². The number of halogens is 1. The van der Waals surface area contributed by atoms with Crippen molar-refractivity contribution in [3.63, 3.8) is 0 Å². The van der Waals surface area contributed by atoms with Crippen LogP contribution in [0, 0.1) is 5.82 Å². The summed E-state index contributed by atoms with van der Waals surface area (Å²) in [5.41, 5.74) is 0. The van der Waals surface area contributed by atoms with Crippen molar-refractivity contribution >= 4 is 5.91 Å². The van der Waals surface area contributed by atoms with Crippen molar-refractivity contribution in [1.82, 2.24) is 4.90 Å². The van der Waals surface area contributed by atoms with Crippen LogP contribution in [0.3, 0.4) is 0 Å². The van der Waals surface area contributed by atoms with E-state index in [0.29, 0.717) is 31.6 Å². The molecule has 0 aromatic heterocycles. The van der Waals surface area contributed by atoms with Crippen LogP contribution in [0.4, 0.5) is 4.39 Å². The van der Waals surface area contributed by atoms with Gasteiger partial charge in [-0.25, -0.2) is 4.39 Å². The predicted octanol–water partition coefficient (Wildman–Crippen LogP) is 2.11. The number of aliphatic hydroxyl groups excluding tert-OH is 1. The van der Waals surface area contributed by atoms with E-state index in [2.05, 4.69) is 0 Å². The molecule has 1 aromatic rings. The average molecular weight is 293 g/mol. The number of hydrogen-bond donors (Lipinski definition) is 1. The molecule has 3 rings (SSSR count). The highest BCUT2D eigenvalue weighted by molar-refractivity contribution is 5.77. The number of piperidine rings is 1. The van der Waals surface area contributed by atoms with E-state index in [1.165, 1.54) is 12.1 Å². The zero-order valence-electron chi connectivity index (χ0n) is 11.9. The van der Waals surface area contributed by atoms with Gasteiger partial charge >= 0.3 is 0 Å². The molecule has 4 nitrogen and oxygen atoms in total. The van der Waals surface area contributed by atoms with Crippen LogP contribution in [0.5, 0.6) is 5.75 Å². The van der Waals surface area contributed by atoms with Gasteiger partial charge in [-0.2, -0.15) is 0 Å². The first-order chi connectivity index (χ1) is 10.1. The molecule has 0 saturated carbocycles. The maximum atomic E-state index is 12.8. The second kappa shape index (κ2) is 6.02. The first-order valence-electron chi connectivity index (χ1n) is 7.51. The highest BCUT2D eigenvalue weighted by atomic mass is 19.1. The maximum absolute atomic E-state index is 12.8. The fourth-order valence-electron chi connectivity index (χ4n) is 3.47. The second-order valence-electron chi connectivity index (χ2n) is 5.86. The van der Waals surface area contributed by atoms with Gasteiger partial charge < -0.3 is 14.7 Å².